The number of amides is 1. The summed E-state index contributed by atoms with van der Waals surface area (Å²) in [7, 11) is 1.57. The van der Waals surface area contributed by atoms with E-state index in [1.807, 2.05) is 19.9 Å². The second kappa shape index (κ2) is 9.63. The molecule has 2 aromatic carbocycles. The minimum atomic E-state index is -0.491. The molecule has 7 heteroatoms. The maximum absolute atomic E-state index is 13.7. The first-order valence-corrected chi connectivity index (χ1v) is 10.0. The molecule has 30 heavy (non-hydrogen) atoms. The number of halogens is 1. The third kappa shape index (κ3) is 4.41. The Morgan fingerprint density at radius 2 is 2.00 bits per heavy atom. The van der Waals surface area contributed by atoms with E-state index in [9.17, 15) is 14.0 Å². The van der Waals surface area contributed by atoms with E-state index in [0.717, 1.165) is 0 Å². The molecule has 1 aromatic heterocycles. The van der Waals surface area contributed by atoms with Crippen LogP contribution in [0.1, 0.15) is 42.5 Å². The standard InChI is InChI=1S/C23H26FN3O3/c1-4-12-26(22(28)17-8-7-9-18(24)15-17)16(2)21-25-20-11-6-5-10-19(20)23(29)27(21)13-14-30-3/h5-11,15-16H,4,12-14H2,1-3H3. The van der Waals surface area contributed by atoms with Crippen LogP contribution in [0.5, 0.6) is 0 Å². The second-order valence-corrected chi connectivity index (χ2v) is 7.12. The average Bonchev–Trinajstić information content (AvgIpc) is 2.76. The van der Waals surface area contributed by atoms with Gasteiger partial charge in [-0.1, -0.05) is 25.1 Å². The van der Waals surface area contributed by atoms with Crippen LogP contribution in [0.3, 0.4) is 0 Å². The third-order valence-corrected chi connectivity index (χ3v) is 5.05. The first kappa shape index (κ1) is 21.6. The highest BCUT2D eigenvalue weighted by atomic mass is 19.1. The van der Waals surface area contributed by atoms with Gasteiger partial charge in [-0.3, -0.25) is 14.2 Å². The molecule has 1 amide bonds. The van der Waals surface area contributed by atoms with Crippen LogP contribution in [0.15, 0.2) is 53.3 Å². The molecular formula is C23H26FN3O3. The van der Waals surface area contributed by atoms with Crippen molar-refractivity contribution in [1.82, 2.24) is 14.5 Å². The van der Waals surface area contributed by atoms with Crippen LogP contribution >= 0.6 is 0 Å². The van der Waals surface area contributed by atoms with Crippen LogP contribution in [-0.4, -0.2) is 40.6 Å². The number of aromatic nitrogens is 2. The zero-order valence-corrected chi connectivity index (χ0v) is 17.5. The molecule has 6 nitrogen and oxygen atoms in total. The molecule has 0 spiro atoms. The fraction of sp³-hybridized carbons (Fsp3) is 0.348. The lowest BCUT2D eigenvalue weighted by molar-refractivity contribution is 0.0676. The van der Waals surface area contributed by atoms with Crippen molar-refractivity contribution in [3.8, 4) is 0 Å². The lowest BCUT2D eigenvalue weighted by Crippen LogP contribution is -2.38. The van der Waals surface area contributed by atoms with E-state index in [1.54, 1.807) is 40.8 Å². The van der Waals surface area contributed by atoms with Gasteiger partial charge in [0, 0.05) is 19.2 Å². The van der Waals surface area contributed by atoms with Crippen molar-refractivity contribution in [3.63, 3.8) is 0 Å². The topological polar surface area (TPSA) is 64.4 Å². The second-order valence-electron chi connectivity index (χ2n) is 7.12. The summed E-state index contributed by atoms with van der Waals surface area (Å²) in [6.07, 6.45) is 0.710. The normalized spacial score (nSPS) is 12.1. The number of carbonyl (C=O) groups is 1. The average molecular weight is 411 g/mol. The van der Waals surface area contributed by atoms with Gasteiger partial charge < -0.3 is 9.64 Å². The number of carbonyl (C=O) groups excluding carboxylic acids is 1. The molecule has 0 aliphatic heterocycles. The van der Waals surface area contributed by atoms with Gasteiger partial charge in [0.25, 0.3) is 11.5 Å². The van der Waals surface area contributed by atoms with E-state index in [1.165, 1.54) is 18.2 Å². The van der Waals surface area contributed by atoms with Gasteiger partial charge in [-0.05, 0) is 43.7 Å². The first-order chi connectivity index (χ1) is 14.5. The van der Waals surface area contributed by atoms with Crippen LogP contribution in [0.4, 0.5) is 4.39 Å². The van der Waals surface area contributed by atoms with E-state index < -0.39 is 11.9 Å². The Kier molecular flexibility index (Phi) is 6.95. The minimum absolute atomic E-state index is 0.172. The van der Waals surface area contributed by atoms with Crippen LogP contribution in [-0.2, 0) is 11.3 Å². The molecule has 0 aliphatic carbocycles. The van der Waals surface area contributed by atoms with Crippen LogP contribution in [0, 0.1) is 5.82 Å². The van der Waals surface area contributed by atoms with Gasteiger partial charge in [0.05, 0.1) is 30.1 Å². The highest BCUT2D eigenvalue weighted by Crippen LogP contribution is 2.23. The summed E-state index contributed by atoms with van der Waals surface area (Å²) in [5, 5.41) is 0.517. The number of hydrogen-bond acceptors (Lipinski definition) is 4. The summed E-state index contributed by atoms with van der Waals surface area (Å²) >= 11 is 0. The zero-order valence-electron chi connectivity index (χ0n) is 17.5. The van der Waals surface area contributed by atoms with Crippen molar-refractivity contribution in [3.05, 3.63) is 76.1 Å². The Morgan fingerprint density at radius 3 is 2.70 bits per heavy atom. The monoisotopic (exact) mass is 411 g/mol. The molecule has 1 unspecified atom stereocenters. The summed E-state index contributed by atoms with van der Waals surface area (Å²) in [6.45, 7) is 4.91. The van der Waals surface area contributed by atoms with E-state index in [2.05, 4.69) is 0 Å². The molecule has 1 atom stereocenters. The van der Waals surface area contributed by atoms with Crippen molar-refractivity contribution in [2.75, 3.05) is 20.3 Å². The summed E-state index contributed by atoms with van der Waals surface area (Å²) in [5.74, 6) is -0.288. The largest absolute Gasteiger partial charge is 0.383 e. The van der Waals surface area contributed by atoms with Gasteiger partial charge in [-0.2, -0.15) is 0 Å². The Hall–Kier alpha value is -3.06. The van der Waals surface area contributed by atoms with Gasteiger partial charge >= 0.3 is 0 Å². The summed E-state index contributed by atoms with van der Waals surface area (Å²) in [4.78, 5) is 32.7. The molecular weight excluding hydrogens is 385 g/mol. The molecule has 0 saturated carbocycles. The molecule has 0 aliphatic rings. The maximum atomic E-state index is 13.7. The SMILES string of the molecule is CCCN(C(=O)c1cccc(F)c1)C(C)c1nc2ccccc2c(=O)n1CCOC. The quantitative estimate of drug-likeness (QED) is 0.566. The van der Waals surface area contributed by atoms with Crippen LogP contribution in [0.2, 0.25) is 0 Å². The van der Waals surface area contributed by atoms with Gasteiger partial charge in [-0.15, -0.1) is 0 Å². The van der Waals surface area contributed by atoms with Crippen molar-refractivity contribution >= 4 is 16.8 Å². The van der Waals surface area contributed by atoms with Crippen molar-refractivity contribution in [1.29, 1.82) is 0 Å². The molecule has 0 bridgehead atoms. The van der Waals surface area contributed by atoms with E-state index in [-0.39, 0.29) is 17.0 Å². The molecule has 158 valence electrons. The van der Waals surface area contributed by atoms with Crippen molar-refractivity contribution < 1.29 is 13.9 Å². The number of para-hydroxylation sites is 1. The van der Waals surface area contributed by atoms with E-state index in [4.69, 9.17) is 9.72 Å². The number of ether oxygens (including phenoxy) is 1. The summed E-state index contributed by atoms with van der Waals surface area (Å²) in [6, 6.07) is 12.3. The molecule has 0 N–H and O–H groups in total. The zero-order chi connectivity index (χ0) is 21.7. The van der Waals surface area contributed by atoms with E-state index >= 15 is 0 Å². The third-order valence-electron chi connectivity index (χ3n) is 5.05. The number of benzene rings is 2. The minimum Gasteiger partial charge on any atom is -0.383 e. The van der Waals surface area contributed by atoms with Gasteiger partial charge in [-0.25, -0.2) is 9.37 Å². The first-order valence-electron chi connectivity index (χ1n) is 10.0. The molecule has 0 saturated heterocycles. The van der Waals surface area contributed by atoms with Gasteiger partial charge in [0.15, 0.2) is 0 Å². The van der Waals surface area contributed by atoms with Crippen LogP contribution in [0.25, 0.3) is 10.9 Å². The maximum Gasteiger partial charge on any atom is 0.261 e. The van der Waals surface area contributed by atoms with Crippen LogP contribution < -0.4 is 5.56 Å². The highest BCUT2D eigenvalue weighted by Gasteiger charge is 2.26. The Labute approximate surface area is 174 Å². The van der Waals surface area contributed by atoms with Gasteiger partial charge in [0.2, 0.25) is 0 Å². The Balaban J connectivity index is 2.10. The fourth-order valence-corrected chi connectivity index (χ4v) is 3.54. The number of methoxy groups -OCH3 is 1. The number of nitrogens with zero attached hydrogens (tertiary/aromatic N) is 3. The molecule has 3 rings (SSSR count). The fourth-order valence-electron chi connectivity index (χ4n) is 3.54. The van der Waals surface area contributed by atoms with E-state index in [0.29, 0.717) is 42.8 Å². The predicted octanol–water partition coefficient (Wildman–Crippen LogP) is 3.80. The smallest absolute Gasteiger partial charge is 0.261 e. The Morgan fingerprint density at radius 1 is 1.23 bits per heavy atom. The molecule has 1 heterocycles. The molecule has 0 radical (unpaired) electrons. The summed E-state index contributed by atoms with van der Waals surface area (Å²) in [5.41, 5.74) is 0.670. The lowest BCUT2D eigenvalue weighted by Gasteiger charge is -2.30. The number of rotatable bonds is 8. The summed E-state index contributed by atoms with van der Waals surface area (Å²) < 4.78 is 20.4. The predicted molar refractivity (Wildman–Crippen MR) is 114 cm³/mol. The molecule has 3 aromatic rings. The van der Waals surface area contributed by atoms with Crippen molar-refractivity contribution in [2.24, 2.45) is 0 Å². The van der Waals surface area contributed by atoms with Crippen molar-refractivity contribution in [2.45, 2.75) is 32.9 Å². The highest BCUT2D eigenvalue weighted by molar-refractivity contribution is 5.94. The lowest BCUT2D eigenvalue weighted by atomic mass is 10.1. The molecule has 0 fully saturated rings. The number of hydrogen-bond donors (Lipinski definition) is 0. The Bertz CT molecular complexity index is 1100. The van der Waals surface area contributed by atoms with Gasteiger partial charge in [0.1, 0.15) is 11.6 Å². The number of fused-ring (bicyclic) bond motifs is 1.